The van der Waals surface area contributed by atoms with E-state index >= 15 is 0 Å². The van der Waals surface area contributed by atoms with Crippen LogP contribution in [0.1, 0.15) is 25.3 Å². The third-order valence-electron chi connectivity index (χ3n) is 6.12. The predicted octanol–water partition coefficient (Wildman–Crippen LogP) is 5.74. The highest BCUT2D eigenvalue weighted by molar-refractivity contribution is 7.91. The number of rotatable bonds is 8. The molecule has 1 aliphatic carbocycles. The Bertz CT molecular complexity index is 1440. The molecule has 37 heavy (non-hydrogen) atoms. The molecule has 6 nitrogen and oxygen atoms in total. The third-order valence-corrected chi connectivity index (χ3v) is 7.86. The average Bonchev–Trinajstić information content (AvgIpc) is 3.68. The number of hydrogen-bond acceptors (Lipinski definition) is 6. The van der Waals surface area contributed by atoms with Crippen LogP contribution in [0.3, 0.4) is 0 Å². The summed E-state index contributed by atoms with van der Waals surface area (Å²) in [6.07, 6.45) is -1.81. The van der Waals surface area contributed by atoms with Crippen LogP contribution in [-0.4, -0.2) is 42.8 Å². The van der Waals surface area contributed by atoms with Crippen molar-refractivity contribution in [3.63, 3.8) is 0 Å². The van der Waals surface area contributed by atoms with E-state index in [0.717, 1.165) is 30.7 Å². The quantitative estimate of drug-likeness (QED) is 0.341. The molecule has 0 bridgehead atoms. The van der Waals surface area contributed by atoms with E-state index in [-0.39, 0.29) is 27.8 Å². The van der Waals surface area contributed by atoms with Crippen molar-refractivity contribution in [1.29, 1.82) is 5.26 Å². The lowest BCUT2D eigenvalue weighted by molar-refractivity contribution is -0.290. The van der Waals surface area contributed by atoms with E-state index in [9.17, 15) is 35.6 Å². The zero-order chi connectivity index (χ0) is 27.1. The number of sulfone groups is 1. The van der Waals surface area contributed by atoms with Crippen molar-refractivity contribution in [2.75, 3.05) is 12.4 Å². The Morgan fingerprint density at radius 3 is 2.19 bits per heavy atom. The summed E-state index contributed by atoms with van der Waals surface area (Å²) in [5.74, 6) is -5.63. The maximum atomic E-state index is 13.1. The van der Waals surface area contributed by atoms with Crippen molar-refractivity contribution in [2.24, 2.45) is 0 Å². The van der Waals surface area contributed by atoms with E-state index in [1.54, 1.807) is 12.1 Å². The molecule has 4 rings (SSSR count). The molecule has 194 valence electrons. The molecule has 1 aliphatic rings. The number of nitrogens with zero attached hydrogens (tertiary/aromatic N) is 3. The van der Waals surface area contributed by atoms with Crippen LogP contribution in [0.2, 0.25) is 0 Å². The molecule has 0 saturated heterocycles. The number of ether oxygens (including phenoxy) is 1. The van der Waals surface area contributed by atoms with Gasteiger partial charge in [0.25, 0.3) is 0 Å². The summed E-state index contributed by atoms with van der Waals surface area (Å²) in [5, 5.41) is 9.38. The van der Waals surface area contributed by atoms with Gasteiger partial charge in [-0.25, -0.2) is 8.42 Å². The maximum Gasteiger partial charge on any atom is 0.456 e. The van der Waals surface area contributed by atoms with Crippen LogP contribution < -0.4 is 4.74 Å². The fraction of sp³-hybridized carbons (Fsp3) is 0.320. The lowest BCUT2D eigenvalue weighted by Crippen LogP contribution is -2.41. The minimum Gasteiger partial charge on any atom is -0.485 e. The van der Waals surface area contributed by atoms with Crippen LogP contribution in [0.25, 0.3) is 22.5 Å². The lowest BCUT2D eigenvalue weighted by Gasteiger charge is -2.19. The van der Waals surface area contributed by atoms with Crippen LogP contribution in [0.4, 0.5) is 22.0 Å². The third kappa shape index (κ3) is 5.27. The van der Waals surface area contributed by atoms with Gasteiger partial charge in [0.2, 0.25) is 0 Å². The van der Waals surface area contributed by atoms with Gasteiger partial charge in [-0.1, -0.05) is 31.2 Å². The number of nitriles is 1. The number of benzene rings is 1. The predicted molar refractivity (Wildman–Crippen MR) is 124 cm³/mol. The molecule has 2 aromatic heterocycles. The summed E-state index contributed by atoms with van der Waals surface area (Å²) < 4.78 is 93.5. The molecule has 1 saturated carbocycles. The molecule has 0 atom stereocenters. The molecule has 0 unspecified atom stereocenters. The van der Waals surface area contributed by atoms with Gasteiger partial charge < -0.3 is 4.74 Å². The first-order valence-electron chi connectivity index (χ1n) is 11.1. The van der Waals surface area contributed by atoms with Gasteiger partial charge in [0.1, 0.15) is 11.4 Å². The van der Waals surface area contributed by atoms with Gasteiger partial charge in [0.15, 0.2) is 16.4 Å². The summed E-state index contributed by atoms with van der Waals surface area (Å²) in [6.45, 7) is -0.461. The van der Waals surface area contributed by atoms with Crippen LogP contribution in [-0.2, 0) is 15.3 Å². The van der Waals surface area contributed by atoms with Crippen molar-refractivity contribution >= 4 is 9.84 Å². The second-order valence-corrected chi connectivity index (χ2v) is 10.9. The van der Waals surface area contributed by atoms with Gasteiger partial charge in [-0.2, -0.15) is 27.2 Å². The number of pyridine rings is 2. The van der Waals surface area contributed by atoms with Gasteiger partial charge in [-0.05, 0) is 42.2 Å². The first kappa shape index (κ1) is 26.5. The highest BCUT2D eigenvalue weighted by Gasteiger charge is 2.58. The summed E-state index contributed by atoms with van der Waals surface area (Å²) in [6, 6.07) is 13.3. The summed E-state index contributed by atoms with van der Waals surface area (Å²) in [4.78, 5) is 8.14. The lowest BCUT2D eigenvalue weighted by atomic mass is 9.95. The van der Waals surface area contributed by atoms with Crippen molar-refractivity contribution in [3.8, 4) is 34.3 Å². The zero-order valence-corrected chi connectivity index (χ0v) is 20.2. The summed E-state index contributed by atoms with van der Waals surface area (Å²) >= 11 is 0. The molecular weight excluding hydrogens is 517 g/mol. The van der Waals surface area contributed by atoms with E-state index in [1.807, 2.05) is 12.1 Å². The van der Waals surface area contributed by atoms with E-state index in [4.69, 9.17) is 0 Å². The molecule has 0 spiro atoms. The van der Waals surface area contributed by atoms with Crippen LogP contribution in [0, 0.1) is 11.3 Å². The van der Waals surface area contributed by atoms with Gasteiger partial charge in [-0.3, -0.25) is 9.97 Å². The first-order chi connectivity index (χ1) is 17.3. The van der Waals surface area contributed by atoms with Gasteiger partial charge in [0, 0.05) is 11.8 Å². The summed E-state index contributed by atoms with van der Waals surface area (Å²) in [5.41, 5.74) is 1.69. The number of aromatic nitrogens is 2. The Morgan fingerprint density at radius 1 is 1.00 bits per heavy atom. The van der Waals surface area contributed by atoms with Crippen LogP contribution >= 0.6 is 0 Å². The number of halogens is 5. The smallest absolute Gasteiger partial charge is 0.456 e. The van der Waals surface area contributed by atoms with E-state index in [2.05, 4.69) is 20.8 Å². The second kappa shape index (κ2) is 9.37. The Morgan fingerprint density at radius 2 is 1.68 bits per heavy atom. The fourth-order valence-electron chi connectivity index (χ4n) is 3.62. The van der Waals surface area contributed by atoms with E-state index in [1.165, 1.54) is 25.3 Å². The molecule has 0 amide bonds. The minimum absolute atomic E-state index is 0.00388. The topological polar surface area (TPSA) is 92.9 Å². The molecular formula is C25H20F5N3O3S. The monoisotopic (exact) mass is 537 g/mol. The highest BCUT2D eigenvalue weighted by atomic mass is 32.2. The molecule has 0 radical (unpaired) electrons. The summed E-state index contributed by atoms with van der Waals surface area (Å²) in [7, 11) is -3.79. The van der Waals surface area contributed by atoms with E-state index in [0.29, 0.717) is 11.1 Å². The van der Waals surface area contributed by atoms with E-state index < -0.39 is 34.0 Å². The Balaban J connectivity index is 1.63. The van der Waals surface area contributed by atoms with Gasteiger partial charge in [0.05, 0.1) is 34.0 Å². The van der Waals surface area contributed by atoms with Gasteiger partial charge >= 0.3 is 12.1 Å². The number of hydrogen-bond donors (Lipinski definition) is 0. The van der Waals surface area contributed by atoms with Gasteiger partial charge in [-0.15, -0.1) is 0 Å². The van der Waals surface area contributed by atoms with Crippen LogP contribution in [0.5, 0.6) is 5.75 Å². The first-order valence-corrected chi connectivity index (χ1v) is 12.8. The normalized spacial score (nSPS) is 15.2. The minimum atomic E-state index is -5.76. The average molecular weight is 538 g/mol. The molecule has 3 aromatic rings. The SMILES string of the molecule is CCS(=O)(=O)c1cc(-c2ccc(C3(C#N)CC3)cc2)cnc1-c1ccc(OCC(F)(F)C(F)(F)F)cn1. The fourth-order valence-corrected chi connectivity index (χ4v) is 4.69. The molecule has 1 aromatic carbocycles. The molecule has 2 heterocycles. The van der Waals surface area contributed by atoms with Crippen molar-refractivity contribution in [1.82, 2.24) is 9.97 Å². The molecule has 0 N–H and O–H groups in total. The molecule has 1 fully saturated rings. The standard InChI is InChI=1S/C25H20F5N3O3S/c1-2-37(34,35)21-11-17(16-3-5-18(6-4-16)23(14-31)9-10-23)12-33-22(21)20-8-7-19(13-32-20)36-15-24(26,27)25(28,29)30/h3-8,11-13H,2,9-10,15H2,1H3. The van der Waals surface area contributed by atoms with Crippen molar-refractivity contribution in [2.45, 2.75) is 42.2 Å². The molecule has 0 aliphatic heterocycles. The highest BCUT2D eigenvalue weighted by Crippen LogP contribution is 2.47. The Hall–Kier alpha value is -3.59. The number of alkyl halides is 5. The van der Waals surface area contributed by atoms with Crippen molar-refractivity contribution < 1.29 is 35.1 Å². The Labute approximate surface area is 209 Å². The maximum absolute atomic E-state index is 13.1. The Kier molecular flexibility index (Phi) is 6.71. The molecule has 12 heteroatoms. The second-order valence-electron chi connectivity index (χ2n) is 8.62. The largest absolute Gasteiger partial charge is 0.485 e. The van der Waals surface area contributed by atoms with Crippen LogP contribution in [0.15, 0.2) is 59.8 Å². The zero-order valence-electron chi connectivity index (χ0n) is 19.4. The van der Waals surface area contributed by atoms with Crippen molar-refractivity contribution in [3.05, 3.63) is 60.4 Å².